The third-order valence-electron chi connectivity index (χ3n) is 5.71. The summed E-state index contributed by atoms with van der Waals surface area (Å²) in [5.41, 5.74) is 5.17. The van der Waals surface area contributed by atoms with Gasteiger partial charge >= 0.3 is 0 Å². The van der Waals surface area contributed by atoms with Gasteiger partial charge in [-0.25, -0.2) is 9.97 Å². The number of nitrogens with zero attached hydrogens (tertiary/aromatic N) is 3. The highest BCUT2D eigenvalue weighted by molar-refractivity contribution is 6.30. The summed E-state index contributed by atoms with van der Waals surface area (Å²) < 4.78 is 1.91. The average Bonchev–Trinajstić information content (AvgIpc) is 3.49. The van der Waals surface area contributed by atoms with Gasteiger partial charge < -0.3 is 25.0 Å². The molecule has 2 aromatic carbocycles. The first-order valence-corrected chi connectivity index (χ1v) is 11.2. The van der Waals surface area contributed by atoms with E-state index in [1.165, 1.54) is 0 Å². The van der Waals surface area contributed by atoms with E-state index in [1.807, 2.05) is 54.1 Å². The van der Waals surface area contributed by atoms with Gasteiger partial charge in [0.2, 0.25) is 0 Å². The second-order valence-electron chi connectivity index (χ2n) is 8.17. The summed E-state index contributed by atoms with van der Waals surface area (Å²) in [5.74, 6) is 0.449. The van der Waals surface area contributed by atoms with Crippen LogP contribution in [0.3, 0.4) is 0 Å². The fraction of sp³-hybridized carbons (Fsp3) is 0.160. The number of H-pyrrole nitrogens is 2. The summed E-state index contributed by atoms with van der Waals surface area (Å²) in [7, 11) is 0. The normalized spacial score (nSPS) is 12.2. The van der Waals surface area contributed by atoms with E-state index in [9.17, 15) is 9.90 Å². The number of hydrogen-bond acceptors (Lipinski definition) is 5. The van der Waals surface area contributed by atoms with Crippen molar-refractivity contribution in [3.63, 3.8) is 0 Å². The number of hydrogen-bond donors (Lipinski definition) is 4. The number of fused-ring (bicyclic) bond motifs is 1. The lowest BCUT2D eigenvalue weighted by Gasteiger charge is -2.19. The zero-order chi connectivity index (χ0) is 23.7. The summed E-state index contributed by atoms with van der Waals surface area (Å²) in [6, 6.07) is 12.9. The Bertz CT molecular complexity index is 1510. The van der Waals surface area contributed by atoms with Crippen molar-refractivity contribution in [2.24, 2.45) is 0 Å². The van der Waals surface area contributed by atoms with E-state index in [0.717, 1.165) is 27.8 Å². The molecule has 0 spiro atoms. The lowest BCUT2D eigenvalue weighted by atomic mass is 10.1. The zero-order valence-corrected chi connectivity index (χ0v) is 19.2. The number of aromatic amines is 2. The van der Waals surface area contributed by atoms with Crippen LogP contribution in [0.1, 0.15) is 11.1 Å². The first kappa shape index (κ1) is 21.9. The molecule has 0 aliphatic heterocycles. The molecule has 3 aromatic heterocycles. The number of aliphatic hydroxyl groups excluding tert-OH is 1. The molecule has 0 saturated carbocycles. The van der Waals surface area contributed by atoms with Gasteiger partial charge in [-0.3, -0.25) is 4.79 Å². The fourth-order valence-corrected chi connectivity index (χ4v) is 4.33. The molecule has 9 heteroatoms. The highest BCUT2D eigenvalue weighted by Crippen LogP contribution is 2.28. The Hall–Kier alpha value is -3.88. The largest absolute Gasteiger partial charge is 0.394 e. The minimum absolute atomic E-state index is 0.119. The van der Waals surface area contributed by atoms with Crippen LogP contribution < -0.4 is 10.9 Å². The molecule has 0 aliphatic carbocycles. The van der Waals surface area contributed by atoms with Crippen molar-refractivity contribution in [1.82, 2.24) is 24.5 Å². The molecule has 8 nitrogen and oxygen atoms in total. The third kappa shape index (κ3) is 4.33. The van der Waals surface area contributed by atoms with Crippen molar-refractivity contribution in [2.45, 2.75) is 19.4 Å². The minimum atomic E-state index is -0.321. The van der Waals surface area contributed by atoms with Crippen molar-refractivity contribution in [2.75, 3.05) is 11.9 Å². The maximum Gasteiger partial charge on any atom is 0.261 e. The average molecular weight is 475 g/mol. The molecule has 0 amide bonds. The Morgan fingerprint density at radius 2 is 2.12 bits per heavy atom. The van der Waals surface area contributed by atoms with Crippen LogP contribution in [-0.2, 0) is 6.42 Å². The zero-order valence-electron chi connectivity index (χ0n) is 18.4. The number of aromatic nitrogens is 5. The van der Waals surface area contributed by atoms with Crippen LogP contribution in [0.15, 0.2) is 72.2 Å². The maximum atomic E-state index is 12.9. The van der Waals surface area contributed by atoms with Gasteiger partial charge in [0.1, 0.15) is 11.4 Å². The van der Waals surface area contributed by atoms with Gasteiger partial charge in [0.05, 0.1) is 35.7 Å². The quantitative estimate of drug-likeness (QED) is 0.284. The van der Waals surface area contributed by atoms with Crippen LogP contribution >= 0.6 is 11.6 Å². The number of rotatable bonds is 7. The molecule has 0 aliphatic rings. The maximum absolute atomic E-state index is 12.9. The Kier molecular flexibility index (Phi) is 5.91. The van der Waals surface area contributed by atoms with Gasteiger partial charge in [-0.05, 0) is 54.8 Å². The summed E-state index contributed by atoms with van der Waals surface area (Å²) in [5, 5.41) is 14.0. The first-order chi connectivity index (χ1) is 16.5. The van der Waals surface area contributed by atoms with Gasteiger partial charge in [0.15, 0.2) is 0 Å². The van der Waals surface area contributed by atoms with E-state index in [-0.39, 0.29) is 18.2 Å². The number of benzene rings is 2. The van der Waals surface area contributed by atoms with Crippen molar-refractivity contribution >= 4 is 28.3 Å². The fourth-order valence-electron chi connectivity index (χ4n) is 4.11. The SMILES string of the molecule is Cc1cc(-n2ccnc2)cc2[nH]c(-c3c(N[C@H](CO)Cc4cccc(Cl)c4)cc[nH]c3=O)nc12. The molecule has 0 radical (unpaired) electrons. The summed E-state index contributed by atoms with van der Waals surface area (Å²) in [4.78, 5) is 27.8. The minimum Gasteiger partial charge on any atom is -0.394 e. The van der Waals surface area contributed by atoms with Gasteiger partial charge in [-0.15, -0.1) is 0 Å². The van der Waals surface area contributed by atoms with Gasteiger partial charge in [-0.2, -0.15) is 0 Å². The van der Waals surface area contributed by atoms with E-state index < -0.39 is 0 Å². The highest BCUT2D eigenvalue weighted by Gasteiger charge is 2.18. The summed E-state index contributed by atoms with van der Waals surface area (Å²) in [6.07, 6.45) is 7.44. The topological polar surface area (TPSA) is 112 Å². The lowest BCUT2D eigenvalue weighted by molar-refractivity contribution is 0.274. The van der Waals surface area contributed by atoms with E-state index in [0.29, 0.717) is 28.5 Å². The smallest absolute Gasteiger partial charge is 0.261 e. The molecule has 0 saturated heterocycles. The molecule has 172 valence electrons. The van der Waals surface area contributed by atoms with Crippen molar-refractivity contribution in [1.29, 1.82) is 0 Å². The third-order valence-corrected chi connectivity index (χ3v) is 5.95. The number of imidazole rings is 2. The second-order valence-corrected chi connectivity index (χ2v) is 8.60. The van der Waals surface area contributed by atoms with Crippen LogP contribution in [0.5, 0.6) is 0 Å². The molecular weight excluding hydrogens is 452 g/mol. The summed E-state index contributed by atoms with van der Waals surface area (Å²) >= 11 is 6.11. The van der Waals surface area contributed by atoms with Gasteiger partial charge in [0.25, 0.3) is 5.56 Å². The molecule has 34 heavy (non-hydrogen) atoms. The lowest BCUT2D eigenvalue weighted by Crippen LogP contribution is -2.28. The van der Waals surface area contributed by atoms with Gasteiger partial charge in [-0.1, -0.05) is 23.7 Å². The second kappa shape index (κ2) is 9.17. The highest BCUT2D eigenvalue weighted by atomic mass is 35.5. The van der Waals surface area contributed by atoms with Crippen LogP contribution in [0.2, 0.25) is 5.02 Å². The van der Waals surface area contributed by atoms with Gasteiger partial charge in [0, 0.05) is 29.3 Å². The number of aryl methyl sites for hydroxylation is 1. The number of aliphatic hydroxyl groups is 1. The molecular formula is C25H23ClN6O2. The Morgan fingerprint density at radius 3 is 2.88 bits per heavy atom. The van der Waals surface area contributed by atoms with Crippen LogP contribution in [-0.4, -0.2) is 42.3 Å². The molecule has 4 N–H and O–H groups in total. The first-order valence-electron chi connectivity index (χ1n) is 10.8. The molecule has 5 aromatic rings. The van der Waals surface area contributed by atoms with E-state index >= 15 is 0 Å². The summed E-state index contributed by atoms with van der Waals surface area (Å²) in [6.45, 7) is 1.86. The standard InChI is InChI=1S/C25H23ClN6O2/c1-15-9-19(32-8-7-27-14-32)12-21-23(15)31-24(30-21)22-20(5-6-28-25(22)34)29-18(13-33)11-16-3-2-4-17(26)10-16/h2-10,12,14,18,33H,11,13H2,1H3,(H,30,31)(H2,28,29,34)/t18-/m0/s1. The predicted molar refractivity (Wildman–Crippen MR) is 134 cm³/mol. The molecule has 0 unspecified atom stereocenters. The Labute approximate surface area is 200 Å². The van der Waals surface area contributed by atoms with Crippen LogP contribution in [0.4, 0.5) is 5.69 Å². The Morgan fingerprint density at radius 1 is 1.24 bits per heavy atom. The number of pyridine rings is 1. The predicted octanol–water partition coefficient (Wildman–Crippen LogP) is 4.08. The van der Waals surface area contributed by atoms with Crippen molar-refractivity contribution in [3.8, 4) is 17.1 Å². The molecule has 0 fully saturated rings. The molecule has 3 heterocycles. The molecule has 5 rings (SSSR count). The van der Waals surface area contributed by atoms with Crippen molar-refractivity contribution < 1.29 is 5.11 Å². The molecule has 0 bridgehead atoms. The van der Waals surface area contributed by atoms with Crippen LogP contribution in [0.25, 0.3) is 28.1 Å². The number of anilines is 1. The van der Waals surface area contributed by atoms with E-state index in [1.54, 1.807) is 24.8 Å². The van der Waals surface area contributed by atoms with E-state index in [2.05, 4.69) is 20.3 Å². The number of nitrogens with one attached hydrogen (secondary N) is 3. The molecule has 1 atom stereocenters. The Balaban J connectivity index is 1.52. The number of halogens is 1. The van der Waals surface area contributed by atoms with E-state index in [4.69, 9.17) is 16.6 Å². The monoisotopic (exact) mass is 474 g/mol. The van der Waals surface area contributed by atoms with Crippen LogP contribution in [0, 0.1) is 6.92 Å². The van der Waals surface area contributed by atoms with Crippen molar-refractivity contribution in [3.05, 3.63) is 93.9 Å².